The van der Waals surface area contributed by atoms with Gasteiger partial charge >= 0.3 is 5.97 Å². The number of aliphatic hydroxyl groups is 1. The number of unbranched alkanes of at least 4 members (excludes halogenated alkanes) is 10. The molecule has 0 aliphatic carbocycles. The number of aliphatic hydroxyl groups excluding tert-OH is 1. The summed E-state index contributed by atoms with van der Waals surface area (Å²) in [6.45, 7) is 2.26. The number of hydrogen-bond acceptors (Lipinski definition) is 4. The van der Waals surface area contributed by atoms with Crippen molar-refractivity contribution in [1.82, 2.24) is 9.55 Å². The third-order valence-corrected chi connectivity index (χ3v) is 6.69. The summed E-state index contributed by atoms with van der Waals surface area (Å²) in [7, 11) is 1.94. The first-order valence-corrected chi connectivity index (χ1v) is 12.6. The predicted octanol–water partition coefficient (Wildman–Crippen LogP) is 6.36. The van der Waals surface area contributed by atoms with Crippen LogP contribution in [0.4, 0.5) is 0 Å². The van der Waals surface area contributed by atoms with E-state index in [1.807, 2.05) is 17.8 Å². The van der Waals surface area contributed by atoms with Gasteiger partial charge in [-0.3, -0.25) is 4.79 Å². The summed E-state index contributed by atoms with van der Waals surface area (Å²) >= 11 is 1.54. The molecule has 5 nitrogen and oxygen atoms in total. The molecule has 0 aromatic carbocycles. The summed E-state index contributed by atoms with van der Waals surface area (Å²) in [5.74, 6) is -0.813. The Kier molecular flexibility index (Phi) is 15.5. The van der Waals surface area contributed by atoms with Crippen molar-refractivity contribution in [3.05, 3.63) is 24.5 Å². The van der Waals surface area contributed by atoms with Gasteiger partial charge in [0.25, 0.3) is 0 Å². The Morgan fingerprint density at radius 3 is 2.30 bits per heavy atom. The highest BCUT2D eigenvalue weighted by Gasteiger charge is 2.19. The minimum Gasteiger partial charge on any atom is -0.481 e. The molecule has 1 rings (SSSR count). The Morgan fingerprint density at radius 2 is 1.73 bits per heavy atom. The second-order valence-electron chi connectivity index (χ2n) is 8.16. The lowest BCUT2D eigenvalue weighted by Gasteiger charge is -2.19. The van der Waals surface area contributed by atoms with Crippen molar-refractivity contribution in [3.8, 4) is 0 Å². The van der Waals surface area contributed by atoms with Crippen molar-refractivity contribution in [1.29, 1.82) is 0 Å². The van der Waals surface area contributed by atoms with Gasteiger partial charge < -0.3 is 14.8 Å². The van der Waals surface area contributed by atoms with Crippen LogP contribution in [0.5, 0.6) is 0 Å². The van der Waals surface area contributed by atoms with E-state index in [0.717, 1.165) is 11.6 Å². The second-order valence-corrected chi connectivity index (χ2v) is 9.30. The quantitative estimate of drug-likeness (QED) is 0.149. The average Bonchev–Trinajstić information content (AvgIpc) is 3.12. The topological polar surface area (TPSA) is 75.3 Å². The number of carbonyl (C=O) groups is 1. The molecule has 0 aliphatic heterocycles. The standard InChI is InChI=1S/C24H42N2O3S/c1-3-4-5-6-7-8-9-10-11-12-13-14-17-22(21(27)16-15-18-23(28)29)30-24-25-19-20-26(24)2/h14,17,19-22,27H,3-13,15-16,18H2,1-2H3,(H,28,29). The summed E-state index contributed by atoms with van der Waals surface area (Å²) in [5.41, 5.74) is 0. The zero-order chi connectivity index (χ0) is 22.0. The van der Waals surface area contributed by atoms with Crippen LogP contribution in [0.3, 0.4) is 0 Å². The molecule has 0 amide bonds. The maximum Gasteiger partial charge on any atom is 0.303 e. The maximum absolute atomic E-state index is 10.7. The average molecular weight is 439 g/mol. The minimum atomic E-state index is -0.813. The number of hydrogen-bond donors (Lipinski definition) is 2. The van der Waals surface area contributed by atoms with Gasteiger partial charge in [0.05, 0.1) is 11.4 Å². The molecule has 2 unspecified atom stereocenters. The van der Waals surface area contributed by atoms with E-state index < -0.39 is 12.1 Å². The highest BCUT2D eigenvalue weighted by Crippen LogP contribution is 2.27. The van der Waals surface area contributed by atoms with Crippen LogP contribution >= 0.6 is 11.8 Å². The van der Waals surface area contributed by atoms with E-state index in [4.69, 9.17) is 5.11 Å². The van der Waals surface area contributed by atoms with Crippen molar-refractivity contribution < 1.29 is 15.0 Å². The molecule has 1 aromatic heterocycles. The van der Waals surface area contributed by atoms with Crippen LogP contribution in [0.2, 0.25) is 0 Å². The van der Waals surface area contributed by atoms with E-state index in [9.17, 15) is 9.90 Å². The summed E-state index contributed by atoms with van der Waals surface area (Å²) < 4.78 is 1.94. The molecule has 0 saturated heterocycles. The Morgan fingerprint density at radius 1 is 1.10 bits per heavy atom. The lowest BCUT2D eigenvalue weighted by atomic mass is 10.1. The van der Waals surface area contributed by atoms with E-state index in [-0.39, 0.29) is 11.7 Å². The highest BCUT2D eigenvalue weighted by atomic mass is 32.2. The Bertz CT molecular complexity index is 589. The van der Waals surface area contributed by atoms with Crippen LogP contribution in [0, 0.1) is 0 Å². The molecule has 0 radical (unpaired) electrons. The third kappa shape index (κ3) is 13.1. The van der Waals surface area contributed by atoms with Crippen molar-refractivity contribution in [2.45, 2.75) is 113 Å². The molecule has 0 aliphatic rings. The Labute approximate surface area is 187 Å². The van der Waals surface area contributed by atoms with Crippen molar-refractivity contribution >= 4 is 17.7 Å². The van der Waals surface area contributed by atoms with Gasteiger partial charge in [0.1, 0.15) is 0 Å². The normalized spacial score (nSPS) is 13.7. The van der Waals surface area contributed by atoms with Crippen LogP contribution in [0.25, 0.3) is 0 Å². The molecule has 2 N–H and O–H groups in total. The molecule has 172 valence electrons. The summed E-state index contributed by atoms with van der Waals surface area (Å²) in [6.07, 6.45) is 22.7. The molecule has 6 heteroatoms. The van der Waals surface area contributed by atoms with E-state index in [2.05, 4.69) is 24.1 Å². The largest absolute Gasteiger partial charge is 0.481 e. The molecular weight excluding hydrogens is 396 g/mol. The van der Waals surface area contributed by atoms with Gasteiger partial charge in [0.2, 0.25) is 0 Å². The number of rotatable bonds is 19. The van der Waals surface area contributed by atoms with Crippen LogP contribution in [-0.4, -0.2) is 37.1 Å². The van der Waals surface area contributed by atoms with Gasteiger partial charge in [-0.25, -0.2) is 4.98 Å². The van der Waals surface area contributed by atoms with E-state index in [1.165, 1.54) is 76.0 Å². The number of aromatic nitrogens is 2. The van der Waals surface area contributed by atoms with Gasteiger partial charge in [-0.15, -0.1) is 0 Å². The van der Waals surface area contributed by atoms with Gasteiger partial charge in [0, 0.05) is 25.9 Å². The number of aliphatic carboxylic acids is 1. The van der Waals surface area contributed by atoms with E-state index >= 15 is 0 Å². The predicted molar refractivity (Wildman–Crippen MR) is 126 cm³/mol. The molecule has 0 spiro atoms. The molecule has 30 heavy (non-hydrogen) atoms. The first kappa shape index (κ1) is 26.8. The summed E-state index contributed by atoms with van der Waals surface area (Å²) in [5, 5.41) is 20.2. The number of thioether (sulfide) groups is 1. The maximum atomic E-state index is 10.7. The van der Waals surface area contributed by atoms with Gasteiger partial charge in [-0.05, 0) is 25.7 Å². The van der Waals surface area contributed by atoms with Crippen LogP contribution < -0.4 is 0 Å². The van der Waals surface area contributed by atoms with Crippen molar-refractivity contribution in [3.63, 3.8) is 0 Å². The fourth-order valence-corrected chi connectivity index (χ4v) is 4.52. The Hall–Kier alpha value is -1.27. The van der Waals surface area contributed by atoms with Crippen LogP contribution in [-0.2, 0) is 11.8 Å². The number of carboxylic acids is 1. The number of nitrogens with zero attached hydrogens (tertiary/aromatic N) is 2. The number of carboxylic acid groups (broad SMARTS) is 1. The second kappa shape index (κ2) is 17.4. The number of allylic oxidation sites excluding steroid dienone is 1. The van der Waals surface area contributed by atoms with E-state index in [1.54, 1.807) is 6.20 Å². The zero-order valence-electron chi connectivity index (χ0n) is 19.0. The fourth-order valence-electron chi connectivity index (χ4n) is 3.44. The first-order chi connectivity index (χ1) is 14.5. The highest BCUT2D eigenvalue weighted by molar-refractivity contribution is 8.00. The molecule has 0 fully saturated rings. The molecule has 0 saturated carbocycles. The molecule has 1 aromatic rings. The van der Waals surface area contributed by atoms with Crippen molar-refractivity contribution in [2.24, 2.45) is 7.05 Å². The fraction of sp³-hybridized carbons (Fsp3) is 0.750. The first-order valence-electron chi connectivity index (χ1n) is 11.7. The van der Waals surface area contributed by atoms with Gasteiger partial charge in [-0.2, -0.15) is 0 Å². The third-order valence-electron chi connectivity index (χ3n) is 5.34. The SMILES string of the molecule is CCCCCCCCCCCCC=CC(Sc1nccn1C)C(O)CCCC(=O)O. The number of imidazole rings is 1. The molecule has 2 atom stereocenters. The lowest BCUT2D eigenvalue weighted by Crippen LogP contribution is -2.22. The summed E-state index contributed by atoms with van der Waals surface area (Å²) in [4.78, 5) is 15.1. The smallest absolute Gasteiger partial charge is 0.303 e. The molecular formula is C24H42N2O3S. The van der Waals surface area contributed by atoms with Gasteiger partial charge in [-0.1, -0.05) is 88.6 Å². The van der Waals surface area contributed by atoms with Crippen LogP contribution in [0.15, 0.2) is 29.7 Å². The van der Waals surface area contributed by atoms with Gasteiger partial charge in [0.15, 0.2) is 5.16 Å². The van der Waals surface area contributed by atoms with Crippen molar-refractivity contribution in [2.75, 3.05) is 0 Å². The molecule has 1 heterocycles. The minimum absolute atomic E-state index is 0.0964. The molecule has 0 bridgehead atoms. The van der Waals surface area contributed by atoms with E-state index in [0.29, 0.717) is 12.8 Å². The monoisotopic (exact) mass is 438 g/mol. The summed E-state index contributed by atoms with van der Waals surface area (Å²) in [6, 6.07) is 0. The van der Waals surface area contributed by atoms with Crippen LogP contribution in [0.1, 0.15) is 96.8 Å². The Balaban J connectivity index is 2.29. The zero-order valence-corrected chi connectivity index (χ0v) is 19.8. The lowest BCUT2D eigenvalue weighted by molar-refractivity contribution is -0.137. The number of aryl methyl sites for hydroxylation is 1.